The van der Waals surface area contributed by atoms with E-state index in [1.165, 1.54) is 6.42 Å². The molecule has 0 aliphatic heterocycles. The highest BCUT2D eigenvalue weighted by atomic mass is 16.5. The average molecular weight is 178 g/mol. The van der Waals surface area contributed by atoms with Gasteiger partial charge in [0.1, 0.15) is 6.10 Å². The Morgan fingerprint density at radius 3 is 2.92 bits per heavy atom. The van der Waals surface area contributed by atoms with E-state index in [1.54, 1.807) is 6.08 Å². The lowest BCUT2D eigenvalue weighted by Gasteiger charge is -2.18. The second-order valence-electron chi connectivity index (χ2n) is 3.80. The first-order valence-electron chi connectivity index (χ1n) is 4.78. The number of ether oxygens (including phenoxy) is 1. The zero-order valence-corrected chi connectivity index (χ0v) is 7.61. The summed E-state index contributed by atoms with van der Waals surface area (Å²) in [4.78, 5) is 11.2. The molecular formula is C11H14O2. The van der Waals surface area contributed by atoms with Gasteiger partial charge in [0.05, 0.1) is 6.42 Å². The van der Waals surface area contributed by atoms with Gasteiger partial charge in [0, 0.05) is 5.92 Å². The Balaban J connectivity index is 1.86. The highest BCUT2D eigenvalue weighted by Crippen LogP contribution is 2.40. The van der Waals surface area contributed by atoms with Gasteiger partial charge in [-0.25, -0.2) is 0 Å². The Labute approximate surface area is 78.3 Å². The molecule has 0 N–H and O–H groups in total. The first kappa shape index (κ1) is 8.54. The highest BCUT2D eigenvalue weighted by Gasteiger charge is 2.37. The number of allylic oxidation sites excluding steroid dienone is 1. The van der Waals surface area contributed by atoms with Gasteiger partial charge in [0.2, 0.25) is 0 Å². The molecule has 2 nitrogen and oxygen atoms in total. The van der Waals surface area contributed by atoms with E-state index >= 15 is 0 Å². The molecule has 2 bridgehead atoms. The molecule has 0 aromatic rings. The van der Waals surface area contributed by atoms with Gasteiger partial charge in [-0.05, 0) is 18.8 Å². The third-order valence-electron chi connectivity index (χ3n) is 2.81. The molecular weight excluding hydrogens is 164 g/mol. The third-order valence-corrected chi connectivity index (χ3v) is 2.81. The van der Waals surface area contributed by atoms with E-state index in [4.69, 9.17) is 4.74 Å². The summed E-state index contributed by atoms with van der Waals surface area (Å²) >= 11 is 0. The van der Waals surface area contributed by atoms with Crippen molar-refractivity contribution in [3.63, 3.8) is 0 Å². The lowest BCUT2D eigenvalue weighted by Crippen LogP contribution is -2.21. The van der Waals surface area contributed by atoms with Crippen LogP contribution in [0.25, 0.3) is 0 Å². The summed E-state index contributed by atoms with van der Waals surface area (Å²) in [6, 6.07) is 0. The van der Waals surface area contributed by atoms with Crippen molar-refractivity contribution in [2.24, 2.45) is 11.8 Å². The van der Waals surface area contributed by atoms with E-state index in [9.17, 15) is 4.79 Å². The van der Waals surface area contributed by atoms with E-state index < -0.39 is 0 Å². The number of fused-ring (bicyclic) bond motifs is 2. The van der Waals surface area contributed by atoms with E-state index in [0.29, 0.717) is 18.3 Å². The van der Waals surface area contributed by atoms with Crippen LogP contribution in [0.4, 0.5) is 0 Å². The van der Waals surface area contributed by atoms with Crippen molar-refractivity contribution in [2.45, 2.75) is 25.4 Å². The van der Waals surface area contributed by atoms with Crippen molar-refractivity contribution in [1.29, 1.82) is 0 Å². The topological polar surface area (TPSA) is 26.3 Å². The fraction of sp³-hybridized carbons (Fsp3) is 0.545. The molecule has 2 aliphatic carbocycles. The summed E-state index contributed by atoms with van der Waals surface area (Å²) in [6.07, 6.45) is 8.67. The Morgan fingerprint density at radius 1 is 1.54 bits per heavy atom. The van der Waals surface area contributed by atoms with Gasteiger partial charge in [-0.2, -0.15) is 0 Å². The normalized spacial score (nSPS) is 34.9. The van der Waals surface area contributed by atoms with Crippen molar-refractivity contribution in [2.75, 3.05) is 0 Å². The average Bonchev–Trinajstić information content (AvgIpc) is 2.65. The van der Waals surface area contributed by atoms with Crippen molar-refractivity contribution in [3.8, 4) is 0 Å². The summed E-state index contributed by atoms with van der Waals surface area (Å²) < 4.78 is 5.32. The second kappa shape index (κ2) is 3.36. The van der Waals surface area contributed by atoms with Crippen LogP contribution in [0.1, 0.15) is 19.3 Å². The van der Waals surface area contributed by atoms with Crippen molar-refractivity contribution >= 4 is 5.97 Å². The molecule has 2 aliphatic rings. The van der Waals surface area contributed by atoms with Crippen LogP contribution >= 0.6 is 0 Å². The Kier molecular flexibility index (Phi) is 2.21. The van der Waals surface area contributed by atoms with Crippen LogP contribution < -0.4 is 0 Å². The molecule has 0 heterocycles. The van der Waals surface area contributed by atoms with E-state index in [-0.39, 0.29) is 12.1 Å². The van der Waals surface area contributed by atoms with Crippen LogP contribution in [0.2, 0.25) is 0 Å². The molecule has 0 amide bonds. The quantitative estimate of drug-likeness (QED) is 0.488. The monoisotopic (exact) mass is 178 g/mol. The van der Waals surface area contributed by atoms with E-state index in [0.717, 1.165) is 6.42 Å². The van der Waals surface area contributed by atoms with Crippen molar-refractivity contribution in [1.82, 2.24) is 0 Å². The summed E-state index contributed by atoms with van der Waals surface area (Å²) in [5.74, 6) is 1.01. The number of rotatable bonds is 3. The zero-order chi connectivity index (χ0) is 9.26. The molecule has 0 aromatic carbocycles. The molecule has 0 aromatic heterocycles. The molecule has 2 heteroatoms. The van der Waals surface area contributed by atoms with Crippen LogP contribution in [0.3, 0.4) is 0 Å². The van der Waals surface area contributed by atoms with Gasteiger partial charge in [0.15, 0.2) is 0 Å². The Morgan fingerprint density at radius 2 is 2.38 bits per heavy atom. The van der Waals surface area contributed by atoms with E-state index in [2.05, 4.69) is 18.7 Å². The third kappa shape index (κ3) is 1.67. The minimum absolute atomic E-state index is 0.138. The minimum Gasteiger partial charge on any atom is -0.461 e. The van der Waals surface area contributed by atoms with Gasteiger partial charge < -0.3 is 4.74 Å². The second-order valence-corrected chi connectivity index (χ2v) is 3.80. The lowest BCUT2D eigenvalue weighted by molar-refractivity contribution is -0.149. The fourth-order valence-electron chi connectivity index (χ4n) is 2.20. The van der Waals surface area contributed by atoms with Crippen molar-refractivity contribution in [3.05, 3.63) is 24.8 Å². The molecule has 2 rings (SSSR count). The van der Waals surface area contributed by atoms with Gasteiger partial charge in [0.25, 0.3) is 0 Å². The molecule has 1 fully saturated rings. The smallest absolute Gasteiger partial charge is 0.309 e. The van der Waals surface area contributed by atoms with Crippen LogP contribution in [0.5, 0.6) is 0 Å². The number of hydrogen-bond donors (Lipinski definition) is 0. The first-order chi connectivity index (χ1) is 6.29. The van der Waals surface area contributed by atoms with Crippen LogP contribution in [-0.2, 0) is 9.53 Å². The maximum atomic E-state index is 11.2. The van der Waals surface area contributed by atoms with Gasteiger partial charge in [-0.3, -0.25) is 4.79 Å². The Hall–Kier alpha value is -1.05. The minimum atomic E-state index is -0.138. The number of hydrogen-bond acceptors (Lipinski definition) is 2. The fourth-order valence-corrected chi connectivity index (χ4v) is 2.20. The van der Waals surface area contributed by atoms with Crippen LogP contribution in [-0.4, -0.2) is 12.1 Å². The standard InChI is InChI=1S/C11H14O2/c1-2-3-11(12)13-10-7-8-4-5-9(10)6-8/h2,4-5,8-10H,1,3,6-7H2. The van der Waals surface area contributed by atoms with Gasteiger partial charge >= 0.3 is 5.97 Å². The molecule has 0 radical (unpaired) electrons. The predicted octanol–water partition coefficient (Wildman–Crippen LogP) is 2.07. The summed E-state index contributed by atoms with van der Waals surface area (Å²) in [6.45, 7) is 3.51. The number of carbonyl (C=O) groups is 1. The summed E-state index contributed by atoms with van der Waals surface area (Å²) in [7, 11) is 0. The molecule has 70 valence electrons. The van der Waals surface area contributed by atoms with E-state index in [1.807, 2.05) is 0 Å². The summed E-state index contributed by atoms with van der Waals surface area (Å²) in [5.41, 5.74) is 0. The van der Waals surface area contributed by atoms with Gasteiger partial charge in [-0.15, -0.1) is 6.58 Å². The molecule has 0 spiro atoms. The lowest BCUT2D eigenvalue weighted by atomic mass is 10.0. The van der Waals surface area contributed by atoms with Crippen LogP contribution in [0.15, 0.2) is 24.8 Å². The Bertz CT molecular complexity index is 255. The molecule has 3 unspecified atom stereocenters. The largest absolute Gasteiger partial charge is 0.461 e. The maximum Gasteiger partial charge on any atom is 0.309 e. The van der Waals surface area contributed by atoms with Gasteiger partial charge in [-0.1, -0.05) is 18.2 Å². The predicted molar refractivity (Wildman–Crippen MR) is 50.0 cm³/mol. The molecule has 0 saturated heterocycles. The number of esters is 1. The SMILES string of the molecule is C=CCC(=O)OC1CC2C=CC1C2. The zero-order valence-electron chi connectivity index (χ0n) is 7.61. The molecule has 3 atom stereocenters. The summed E-state index contributed by atoms with van der Waals surface area (Å²) in [5, 5.41) is 0. The van der Waals surface area contributed by atoms with Crippen LogP contribution in [0, 0.1) is 11.8 Å². The van der Waals surface area contributed by atoms with Crippen molar-refractivity contribution < 1.29 is 9.53 Å². The first-order valence-corrected chi connectivity index (χ1v) is 4.78. The number of carbonyl (C=O) groups excluding carboxylic acids is 1. The maximum absolute atomic E-state index is 11.2. The molecule has 13 heavy (non-hydrogen) atoms. The highest BCUT2D eigenvalue weighted by molar-refractivity contribution is 5.71. The molecule has 1 saturated carbocycles.